The summed E-state index contributed by atoms with van der Waals surface area (Å²) >= 11 is 3.43. The van der Waals surface area contributed by atoms with Gasteiger partial charge in [-0.05, 0) is 45.0 Å². The lowest BCUT2D eigenvalue weighted by atomic mass is 10.2. The highest BCUT2D eigenvalue weighted by molar-refractivity contribution is 9.10. The van der Waals surface area contributed by atoms with E-state index in [1.54, 1.807) is 0 Å². The number of rotatable bonds is 4. The van der Waals surface area contributed by atoms with Gasteiger partial charge in [0.2, 0.25) is 0 Å². The van der Waals surface area contributed by atoms with Crippen LogP contribution in [0, 0.1) is 13.8 Å². The largest absolute Gasteiger partial charge is 0.370 e. The summed E-state index contributed by atoms with van der Waals surface area (Å²) < 4.78 is 1.06. The number of halogens is 1. The summed E-state index contributed by atoms with van der Waals surface area (Å²) in [5.74, 6) is 2.47. The van der Waals surface area contributed by atoms with Crippen molar-refractivity contribution in [3.8, 4) is 0 Å². The van der Waals surface area contributed by atoms with Crippen molar-refractivity contribution >= 4 is 33.3 Å². The van der Waals surface area contributed by atoms with E-state index < -0.39 is 0 Å². The molecule has 1 heterocycles. The zero-order chi connectivity index (χ0) is 13.8. The van der Waals surface area contributed by atoms with Gasteiger partial charge in [0.05, 0.1) is 0 Å². The number of hydrogen-bond donors (Lipinski definition) is 2. The Morgan fingerprint density at radius 3 is 2.32 bits per heavy atom. The molecule has 100 valence electrons. The Morgan fingerprint density at radius 2 is 1.68 bits per heavy atom. The van der Waals surface area contributed by atoms with Gasteiger partial charge in [-0.25, -0.2) is 9.97 Å². The van der Waals surface area contributed by atoms with Gasteiger partial charge in [-0.2, -0.15) is 0 Å². The maximum absolute atomic E-state index is 4.46. The Labute approximate surface area is 121 Å². The van der Waals surface area contributed by atoms with Gasteiger partial charge in [0.15, 0.2) is 0 Å². The molecule has 0 fully saturated rings. The Kier molecular flexibility index (Phi) is 4.37. The maximum Gasteiger partial charge on any atom is 0.139 e. The molecule has 0 bridgehead atoms. The van der Waals surface area contributed by atoms with Gasteiger partial charge in [-0.15, -0.1) is 0 Å². The summed E-state index contributed by atoms with van der Waals surface area (Å²) in [6, 6.07) is 8.01. The highest BCUT2D eigenvalue weighted by atomic mass is 79.9. The highest BCUT2D eigenvalue weighted by Crippen LogP contribution is 2.24. The van der Waals surface area contributed by atoms with Crippen LogP contribution in [0.3, 0.4) is 0 Å². The quantitative estimate of drug-likeness (QED) is 0.892. The first-order chi connectivity index (χ1) is 9.10. The first kappa shape index (κ1) is 13.8. The van der Waals surface area contributed by atoms with Gasteiger partial charge in [0.25, 0.3) is 0 Å². The molecule has 0 radical (unpaired) electrons. The van der Waals surface area contributed by atoms with Gasteiger partial charge in [-0.3, -0.25) is 0 Å². The topological polar surface area (TPSA) is 49.8 Å². The van der Waals surface area contributed by atoms with Gasteiger partial charge >= 0.3 is 0 Å². The third kappa shape index (κ3) is 3.44. The molecule has 0 aliphatic carbocycles. The molecule has 0 atom stereocenters. The fourth-order valence-corrected chi connectivity index (χ4v) is 2.02. The summed E-state index contributed by atoms with van der Waals surface area (Å²) in [4.78, 5) is 8.87. The summed E-state index contributed by atoms with van der Waals surface area (Å²) in [5.41, 5.74) is 2.03. The van der Waals surface area contributed by atoms with Gasteiger partial charge < -0.3 is 10.6 Å². The molecule has 0 unspecified atom stereocenters. The molecular weight excluding hydrogens is 304 g/mol. The summed E-state index contributed by atoms with van der Waals surface area (Å²) in [6.07, 6.45) is 0. The van der Waals surface area contributed by atoms with E-state index in [1.165, 1.54) is 0 Å². The second-order valence-electron chi connectivity index (χ2n) is 4.26. The summed E-state index contributed by atoms with van der Waals surface area (Å²) in [6.45, 7) is 6.80. The van der Waals surface area contributed by atoms with Crippen molar-refractivity contribution in [1.29, 1.82) is 0 Å². The molecule has 0 saturated heterocycles. The molecule has 4 nitrogen and oxygen atoms in total. The minimum atomic E-state index is 0.751. The van der Waals surface area contributed by atoms with E-state index in [-0.39, 0.29) is 0 Å². The molecule has 1 aromatic heterocycles. The van der Waals surface area contributed by atoms with E-state index in [0.29, 0.717) is 0 Å². The van der Waals surface area contributed by atoms with Crippen molar-refractivity contribution in [1.82, 2.24) is 9.97 Å². The maximum atomic E-state index is 4.46. The first-order valence-corrected chi connectivity index (χ1v) is 7.01. The highest BCUT2D eigenvalue weighted by Gasteiger charge is 2.08. The molecule has 2 rings (SSSR count). The lowest BCUT2D eigenvalue weighted by Gasteiger charge is -2.13. The van der Waals surface area contributed by atoms with Crippen molar-refractivity contribution in [2.45, 2.75) is 20.8 Å². The average Bonchev–Trinajstić information content (AvgIpc) is 2.38. The number of aromatic nitrogens is 2. The zero-order valence-electron chi connectivity index (χ0n) is 11.3. The molecule has 0 saturated carbocycles. The Morgan fingerprint density at radius 1 is 1.05 bits per heavy atom. The Hall–Kier alpha value is -1.62. The van der Waals surface area contributed by atoms with Crippen LogP contribution in [0.4, 0.5) is 17.3 Å². The van der Waals surface area contributed by atoms with Crippen LogP contribution in [0.15, 0.2) is 28.7 Å². The van der Waals surface area contributed by atoms with Crippen LogP contribution in [0.5, 0.6) is 0 Å². The molecule has 1 aromatic carbocycles. The first-order valence-electron chi connectivity index (χ1n) is 6.22. The van der Waals surface area contributed by atoms with E-state index in [4.69, 9.17) is 0 Å². The van der Waals surface area contributed by atoms with Crippen molar-refractivity contribution < 1.29 is 0 Å². The van der Waals surface area contributed by atoms with Crippen LogP contribution < -0.4 is 10.6 Å². The third-order valence-electron chi connectivity index (χ3n) is 2.71. The Balaban J connectivity index is 2.31. The molecule has 19 heavy (non-hydrogen) atoms. The minimum absolute atomic E-state index is 0.751. The summed E-state index contributed by atoms with van der Waals surface area (Å²) in [5, 5.41) is 6.58. The van der Waals surface area contributed by atoms with Crippen molar-refractivity contribution in [2.75, 3.05) is 17.2 Å². The number of aryl methyl sites for hydroxylation is 1. The number of anilines is 3. The molecule has 0 amide bonds. The zero-order valence-corrected chi connectivity index (χ0v) is 12.9. The van der Waals surface area contributed by atoms with Gasteiger partial charge in [-0.1, -0.05) is 15.9 Å². The average molecular weight is 321 g/mol. The van der Waals surface area contributed by atoms with E-state index in [1.807, 2.05) is 38.1 Å². The second kappa shape index (κ2) is 6.02. The van der Waals surface area contributed by atoms with Crippen molar-refractivity contribution in [3.05, 3.63) is 40.1 Å². The fraction of sp³-hybridized carbons (Fsp3) is 0.286. The lowest BCUT2D eigenvalue weighted by Crippen LogP contribution is -2.07. The van der Waals surface area contributed by atoms with Crippen LogP contribution in [0.2, 0.25) is 0 Å². The standard InChI is InChI=1S/C14H17BrN4/c1-4-16-13-9(2)14(18-10(3)17-13)19-12-7-5-11(15)6-8-12/h5-8H,4H2,1-3H3,(H2,16,17,18,19). The second-order valence-corrected chi connectivity index (χ2v) is 5.17. The van der Waals surface area contributed by atoms with Crippen LogP contribution in [-0.4, -0.2) is 16.5 Å². The van der Waals surface area contributed by atoms with E-state index in [9.17, 15) is 0 Å². The van der Waals surface area contributed by atoms with Crippen LogP contribution in [0.25, 0.3) is 0 Å². The molecular formula is C14H17BrN4. The molecule has 2 N–H and O–H groups in total. The molecule has 5 heteroatoms. The van der Waals surface area contributed by atoms with Crippen LogP contribution in [0.1, 0.15) is 18.3 Å². The number of nitrogens with zero attached hydrogens (tertiary/aromatic N) is 2. The number of nitrogens with one attached hydrogen (secondary N) is 2. The smallest absolute Gasteiger partial charge is 0.139 e. The minimum Gasteiger partial charge on any atom is -0.370 e. The summed E-state index contributed by atoms with van der Waals surface area (Å²) in [7, 11) is 0. The third-order valence-corrected chi connectivity index (χ3v) is 3.24. The fourth-order valence-electron chi connectivity index (χ4n) is 1.76. The van der Waals surface area contributed by atoms with E-state index in [2.05, 4.69) is 43.5 Å². The van der Waals surface area contributed by atoms with E-state index >= 15 is 0 Å². The lowest BCUT2D eigenvalue weighted by molar-refractivity contribution is 1.02. The van der Waals surface area contributed by atoms with Crippen molar-refractivity contribution in [3.63, 3.8) is 0 Å². The van der Waals surface area contributed by atoms with Gasteiger partial charge in [0.1, 0.15) is 17.5 Å². The SMILES string of the molecule is CCNc1nc(C)nc(Nc2ccc(Br)cc2)c1C. The predicted molar refractivity (Wildman–Crippen MR) is 83.1 cm³/mol. The number of hydrogen-bond acceptors (Lipinski definition) is 4. The molecule has 0 aliphatic heterocycles. The van der Waals surface area contributed by atoms with Crippen LogP contribution in [-0.2, 0) is 0 Å². The number of benzene rings is 1. The monoisotopic (exact) mass is 320 g/mol. The van der Waals surface area contributed by atoms with E-state index in [0.717, 1.165) is 39.7 Å². The predicted octanol–water partition coefficient (Wildman–Crippen LogP) is 4.03. The van der Waals surface area contributed by atoms with Gasteiger partial charge in [0, 0.05) is 22.3 Å². The normalized spacial score (nSPS) is 10.3. The molecule has 2 aromatic rings. The van der Waals surface area contributed by atoms with Crippen molar-refractivity contribution in [2.24, 2.45) is 0 Å². The molecule has 0 aliphatic rings. The Bertz CT molecular complexity index is 566. The molecule has 0 spiro atoms. The van der Waals surface area contributed by atoms with Crippen LogP contribution >= 0.6 is 15.9 Å².